The Labute approximate surface area is 401 Å². The molecular weight excluding hydrogens is 867 g/mol. The minimum atomic E-state index is -1.35. The van der Waals surface area contributed by atoms with Crippen molar-refractivity contribution in [3.05, 3.63) is 95.1 Å². The van der Waals surface area contributed by atoms with Crippen LogP contribution in [0.5, 0.6) is 0 Å². The molecule has 368 valence electrons. The highest BCUT2D eigenvalue weighted by Gasteiger charge is 2.39. The lowest BCUT2D eigenvalue weighted by Crippen LogP contribution is -2.62. The summed E-state index contributed by atoms with van der Waals surface area (Å²) in [6, 6.07) is 17.5. The molecule has 0 aromatic heterocycles. The van der Waals surface area contributed by atoms with Gasteiger partial charge < -0.3 is 45.5 Å². The first-order chi connectivity index (χ1) is 32.1. The molecule has 1 aliphatic rings. The Morgan fingerprint density at radius 3 is 1.78 bits per heavy atom. The van der Waals surface area contributed by atoms with Crippen molar-refractivity contribution in [3.8, 4) is 23.5 Å². The number of carbonyl (C=O) groups is 6. The van der Waals surface area contributed by atoms with E-state index in [2.05, 4.69) is 32.5 Å². The van der Waals surface area contributed by atoms with Crippen LogP contribution in [-0.2, 0) is 49.3 Å². The van der Waals surface area contributed by atoms with Gasteiger partial charge >= 0.3 is 12.1 Å². The maximum atomic E-state index is 14.6. The van der Waals surface area contributed by atoms with Gasteiger partial charge in [-0.3, -0.25) is 24.0 Å². The molecule has 0 aliphatic heterocycles. The third-order valence-electron chi connectivity index (χ3n) is 11.5. The van der Waals surface area contributed by atoms with Crippen molar-refractivity contribution in [2.45, 2.75) is 142 Å². The molecule has 0 unspecified atom stereocenters. The fraction of sp³-hybridized carbons (Fsp3) is 0.509. The van der Waals surface area contributed by atoms with Gasteiger partial charge in [0.1, 0.15) is 36.4 Å². The Balaban J connectivity index is 1.60. The molecule has 0 radical (unpaired) electrons. The molecule has 0 fully saturated rings. The minimum absolute atomic E-state index is 0.00156. The van der Waals surface area contributed by atoms with E-state index in [1.807, 2.05) is 93.6 Å². The zero-order valence-corrected chi connectivity index (χ0v) is 41.4. The van der Waals surface area contributed by atoms with Crippen LogP contribution in [0.25, 0.3) is 11.1 Å². The summed E-state index contributed by atoms with van der Waals surface area (Å²) in [5, 5.41) is 14.1. The molecule has 3 aromatic carbocycles. The molecule has 15 nitrogen and oxygen atoms in total. The number of rotatable bonds is 22. The Bertz CT molecular complexity index is 2230. The highest BCUT2D eigenvalue weighted by molar-refractivity contribution is 5.96. The van der Waals surface area contributed by atoms with E-state index in [1.54, 1.807) is 41.5 Å². The molecule has 0 heterocycles. The van der Waals surface area contributed by atoms with Gasteiger partial charge in [-0.2, -0.15) is 0 Å². The Morgan fingerprint density at radius 2 is 1.24 bits per heavy atom. The first kappa shape index (κ1) is 54.4. The lowest BCUT2D eigenvalue weighted by atomic mass is 9.85. The quantitative estimate of drug-likeness (QED) is 0.0437. The second-order valence-corrected chi connectivity index (χ2v) is 19.7. The SMILES string of the molecule is C#CC[C@H](NC(=O)[C@H](CC(C)C)NC(=O)[C@@H](NC(=O)[C@H](Cc1ccccc1C)NC(=O)[C@H](CCC(=O)OC(C)(C)C)NC(=O)OCC1c2ccccc2-c2ccccc21)C(C)(C)C)C(OC)OC. The van der Waals surface area contributed by atoms with Crippen molar-refractivity contribution in [3.63, 3.8) is 0 Å². The molecule has 5 N–H and O–H groups in total. The van der Waals surface area contributed by atoms with Crippen molar-refractivity contribution in [2.24, 2.45) is 11.3 Å². The molecule has 3 aromatic rings. The number of methoxy groups -OCH3 is 2. The summed E-state index contributed by atoms with van der Waals surface area (Å²) in [4.78, 5) is 83.8. The van der Waals surface area contributed by atoms with E-state index in [4.69, 9.17) is 25.4 Å². The van der Waals surface area contributed by atoms with Crippen LogP contribution in [0.15, 0.2) is 72.8 Å². The second kappa shape index (κ2) is 24.7. The molecule has 5 atom stereocenters. The number of nitrogens with one attached hydrogen (secondary N) is 5. The van der Waals surface area contributed by atoms with Crippen LogP contribution in [0.1, 0.15) is 109 Å². The van der Waals surface area contributed by atoms with E-state index in [1.165, 1.54) is 14.2 Å². The van der Waals surface area contributed by atoms with Crippen LogP contribution in [-0.4, -0.2) is 98.6 Å². The smallest absolute Gasteiger partial charge is 0.407 e. The molecular formula is C53H71N5O10. The molecule has 15 heteroatoms. The molecule has 0 bridgehead atoms. The monoisotopic (exact) mass is 938 g/mol. The standard InChI is InChI=1S/C53H71N5O10/c1-13-20-41(50(65-11)66-12)54-47(61)42(29-32(2)3)56-49(63)45(52(5,6)7)58-48(62)43(30-34-22-15-14-21-33(34)4)55-46(60)40(27-28-44(59)68-53(8,9)10)57-51(64)67-31-39-37-25-18-16-23-35(37)36-24-17-19-26-38(36)39/h1,14-19,21-26,32,39-43,45,50H,20,27-31H2,2-12H3,(H,54,61)(H,55,60)(H,56,63)(H,57,64)(H,58,62)/t40-,41-,42-,43-,45+/m0/s1. The van der Waals surface area contributed by atoms with E-state index >= 15 is 0 Å². The first-order valence-corrected chi connectivity index (χ1v) is 23.1. The van der Waals surface area contributed by atoms with Gasteiger partial charge in [0, 0.05) is 39.4 Å². The average Bonchev–Trinajstić information content (AvgIpc) is 3.58. The zero-order chi connectivity index (χ0) is 50.3. The molecule has 68 heavy (non-hydrogen) atoms. The summed E-state index contributed by atoms with van der Waals surface area (Å²) in [6.45, 7) is 16.1. The number of fused-ring (bicyclic) bond motifs is 3. The zero-order valence-electron chi connectivity index (χ0n) is 41.4. The molecule has 4 rings (SSSR count). The molecule has 0 spiro atoms. The summed E-state index contributed by atoms with van der Waals surface area (Å²) in [5.74, 6) is -0.981. The minimum Gasteiger partial charge on any atom is -0.460 e. The number of hydrogen-bond donors (Lipinski definition) is 5. The van der Waals surface area contributed by atoms with E-state index in [0.717, 1.165) is 33.4 Å². The van der Waals surface area contributed by atoms with E-state index in [-0.39, 0.29) is 50.5 Å². The highest BCUT2D eigenvalue weighted by atomic mass is 16.7. The van der Waals surface area contributed by atoms with Gasteiger partial charge in [0.25, 0.3) is 0 Å². The fourth-order valence-corrected chi connectivity index (χ4v) is 8.17. The van der Waals surface area contributed by atoms with Crippen LogP contribution >= 0.6 is 0 Å². The lowest BCUT2D eigenvalue weighted by molar-refractivity contribution is -0.155. The maximum absolute atomic E-state index is 14.6. The number of esters is 1. The van der Waals surface area contributed by atoms with Crippen LogP contribution in [0.3, 0.4) is 0 Å². The van der Waals surface area contributed by atoms with Crippen LogP contribution in [0, 0.1) is 30.6 Å². The molecule has 0 saturated heterocycles. The van der Waals surface area contributed by atoms with Gasteiger partial charge in [0.15, 0.2) is 6.29 Å². The average molecular weight is 938 g/mol. The number of aryl methyl sites for hydroxylation is 1. The van der Waals surface area contributed by atoms with Gasteiger partial charge in [-0.05, 0) is 85.3 Å². The second-order valence-electron chi connectivity index (χ2n) is 19.7. The lowest BCUT2D eigenvalue weighted by Gasteiger charge is -2.34. The number of carbonyl (C=O) groups excluding carboxylic acids is 6. The number of amides is 5. The predicted molar refractivity (Wildman–Crippen MR) is 260 cm³/mol. The first-order valence-electron chi connectivity index (χ1n) is 23.1. The molecule has 1 aliphatic carbocycles. The summed E-state index contributed by atoms with van der Waals surface area (Å²) in [7, 11) is 2.85. The number of alkyl carbamates (subject to hydrolysis) is 1. The normalized spacial score (nSPS) is 14.5. The molecule has 0 saturated carbocycles. The van der Waals surface area contributed by atoms with Crippen LogP contribution in [0.2, 0.25) is 0 Å². The summed E-state index contributed by atoms with van der Waals surface area (Å²) >= 11 is 0. The predicted octanol–water partition coefficient (Wildman–Crippen LogP) is 6.24. The van der Waals surface area contributed by atoms with Crippen molar-refractivity contribution in [1.29, 1.82) is 0 Å². The maximum Gasteiger partial charge on any atom is 0.407 e. The number of hydrogen-bond acceptors (Lipinski definition) is 10. The van der Waals surface area contributed by atoms with E-state index in [0.29, 0.717) is 0 Å². The fourth-order valence-electron chi connectivity index (χ4n) is 8.17. The van der Waals surface area contributed by atoms with Gasteiger partial charge in [-0.15, -0.1) is 12.3 Å². The van der Waals surface area contributed by atoms with E-state index < -0.39 is 83.2 Å². The van der Waals surface area contributed by atoms with Gasteiger partial charge in [-0.25, -0.2) is 4.79 Å². The number of ether oxygens (including phenoxy) is 4. The van der Waals surface area contributed by atoms with Gasteiger partial charge in [0.2, 0.25) is 23.6 Å². The van der Waals surface area contributed by atoms with Crippen molar-refractivity contribution in [2.75, 3.05) is 20.8 Å². The number of terminal acetylenes is 1. The Kier molecular flexibility index (Phi) is 19.7. The largest absolute Gasteiger partial charge is 0.460 e. The van der Waals surface area contributed by atoms with Crippen LogP contribution < -0.4 is 26.6 Å². The number of benzene rings is 3. The third-order valence-corrected chi connectivity index (χ3v) is 11.5. The van der Waals surface area contributed by atoms with Crippen molar-refractivity contribution >= 4 is 35.7 Å². The summed E-state index contributed by atoms with van der Waals surface area (Å²) < 4.78 is 22.0. The Hall–Kier alpha value is -6.24. The van der Waals surface area contributed by atoms with Crippen LogP contribution in [0.4, 0.5) is 4.79 Å². The van der Waals surface area contributed by atoms with Crippen molar-refractivity contribution in [1.82, 2.24) is 26.6 Å². The van der Waals surface area contributed by atoms with Gasteiger partial charge in [0.05, 0.1) is 6.04 Å². The van der Waals surface area contributed by atoms with Crippen molar-refractivity contribution < 1.29 is 47.7 Å². The molecule has 5 amide bonds. The summed E-state index contributed by atoms with van der Waals surface area (Å²) in [5.41, 5.74) is 3.97. The van der Waals surface area contributed by atoms with E-state index in [9.17, 15) is 28.8 Å². The summed E-state index contributed by atoms with van der Waals surface area (Å²) in [6.07, 6.45) is 3.76. The topological polar surface area (TPSA) is 199 Å². The van der Waals surface area contributed by atoms with Gasteiger partial charge in [-0.1, -0.05) is 107 Å². The Morgan fingerprint density at radius 1 is 0.691 bits per heavy atom. The third kappa shape index (κ3) is 15.7. The highest BCUT2D eigenvalue weighted by Crippen LogP contribution is 2.44.